The van der Waals surface area contributed by atoms with Crippen LogP contribution in [0.3, 0.4) is 0 Å². The molecule has 3 nitrogen and oxygen atoms in total. The molecule has 90 valence electrons. The minimum Gasteiger partial charge on any atom is -0.324 e. The third kappa shape index (κ3) is 2.28. The van der Waals surface area contributed by atoms with Crippen molar-refractivity contribution in [1.29, 1.82) is 0 Å². The second-order valence-corrected chi connectivity index (χ2v) is 4.73. The zero-order valence-corrected chi connectivity index (χ0v) is 11.7. The highest BCUT2D eigenvalue weighted by atomic mass is 79.9. The zero-order valence-electron chi connectivity index (χ0n) is 10.1. The Morgan fingerprint density at radius 3 is 2.41 bits per heavy atom. The van der Waals surface area contributed by atoms with E-state index in [4.69, 9.17) is 5.73 Å². The van der Waals surface area contributed by atoms with E-state index in [0.29, 0.717) is 6.54 Å². The van der Waals surface area contributed by atoms with Crippen molar-refractivity contribution in [1.82, 2.24) is 9.55 Å². The molecule has 0 unspecified atom stereocenters. The van der Waals surface area contributed by atoms with Gasteiger partial charge in [0.15, 0.2) is 0 Å². The number of nitrogens with zero attached hydrogens (tertiary/aromatic N) is 2. The van der Waals surface area contributed by atoms with E-state index in [0.717, 1.165) is 28.1 Å². The highest BCUT2D eigenvalue weighted by molar-refractivity contribution is 9.10. The molecular formula is C13H16BrN3. The first-order chi connectivity index (χ1) is 8.17. The molecule has 0 saturated heterocycles. The van der Waals surface area contributed by atoms with E-state index < -0.39 is 0 Å². The Morgan fingerprint density at radius 1 is 1.29 bits per heavy atom. The van der Waals surface area contributed by atoms with Crippen LogP contribution in [0, 0.1) is 0 Å². The summed E-state index contributed by atoms with van der Waals surface area (Å²) in [5.41, 5.74) is 9.06. The van der Waals surface area contributed by atoms with E-state index in [-0.39, 0.29) is 0 Å². The maximum atomic E-state index is 5.65. The summed E-state index contributed by atoms with van der Waals surface area (Å²) >= 11 is 3.56. The molecule has 1 aromatic heterocycles. The van der Waals surface area contributed by atoms with E-state index in [9.17, 15) is 0 Å². The third-order valence-corrected chi connectivity index (χ3v) is 3.84. The first-order valence-electron chi connectivity index (χ1n) is 5.67. The van der Waals surface area contributed by atoms with Gasteiger partial charge in [0.1, 0.15) is 16.1 Å². The molecule has 1 heterocycles. The minimum absolute atomic E-state index is 0.447. The molecule has 2 N–H and O–H groups in total. The lowest BCUT2D eigenvalue weighted by Gasteiger charge is -2.01. The average Bonchev–Trinajstić information content (AvgIpc) is 2.66. The van der Waals surface area contributed by atoms with Crippen LogP contribution in [0.15, 0.2) is 28.9 Å². The number of hydrogen-bond acceptors (Lipinski definition) is 2. The molecule has 0 spiro atoms. The Bertz CT molecular complexity index is 514. The van der Waals surface area contributed by atoms with Crippen LogP contribution in [0.25, 0.3) is 11.3 Å². The van der Waals surface area contributed by atoms with E-state index in [2.05, 4.69) is 52.1 Å². The molecule has 0 bridgehead atoms. The maximum absolute atomic E-state index is 5.65. The van der Waals surface area contributed by atoms with Crippen LogP contribution < -0.4 is 5.73 Å². The quantitative estimate of drug-likeness (QED) is 0.946. The van der Waals surface area contributed by atoms with Gasteiger partial charge in [0.05, 0.1) is 6.54 Å². The Morgan fingerprint density at radius 2 is 1.94 bits per heavy atom. The number of rotatable bonds is 3. The van der Waals surface area contributed by atoms with Crippen LogP contribution >= 0.6 is 15.9 Å². The van der Waals surface area contributed by atoms with Crippen LogP contribution in [0.2, 0.25) is 0 Å². The van der Waals surface area contributed by atoms with Crippen molar-refractivity contribution in [2.24, 2.45) is 12.8 Å². The van der Waals surface area contributed by atoms with Gasteiger partial charge in [-0.15, -0.1) is 0 Å². The number of aryl methyl sites for hydroxylation is 1. The lowest BCUT2D eigenvalue weighted by Crippen LogP contribution is -2.04. The number of hydrogen-bond donors (Lipinski definition) is 1. The highest BCUT2D eigenvalue weighted by Gasteiger charge is 2.12. The molecule has 1 aromatic carbocycles. The predicted molar refractivity (Wildman–Crippen MR) is 73.6 cm³/mol. The fourth-order valence-electron chi connectivity index (χ4n) is 1.79. The SMILES string of the molecule is CCc1ccc(-c2nc(CN)n(C)c2Br)cc1. The molecule has 0 aliphatic heterocycles. The molecule has 0 atom stereocenters. The van der Waals surface area contributed by atoms with Crippen molar-refractivity contribution in [3.05, 3.63) is 40.3 Å². The number of nitrogens with two attached hydrogens (primary N) is 1. The summed E-state index contributed by atoms with van der Waals surface area (Å²) in [6, 6.07) is 8.48. The molecule has 0 aliphatic carbocycles. The van der Waals surface area contributed by atoms with E-state index in [1.54, 1.807) is 0 Å². The van der Waals surface area contributed by atoms with E-state index in [1.807, 2.05) is 11.6 Å². The van der Waals surface area contributed by atoms with E-state index in [1.165, 1.54) is 5.56 Å². The van der Waals surface area contributed by atoms with E-state index >= 15 is 0 Å². The van der Waals surface area contributed by atoms with Crippen LogP contribution in [-0.4, -0.2) is 9.55 Å². The molecule has 0 aliphatic rings. The van der Waals surface area contributed by atoms with Crippen LogP contribution in [-0.2, 0) is 20.0 Å². The van der Waals surface area contributed by atoms with Crippen LogP contribution in [0.4, 0.5) is 0 Å². The molecule has 0 fully saturated rings. The van der Waals surface area contributed by atoms with Crippen molar-refractivity contribution in [2.45, 2.75) is 19.9 Å². The smallest absolute Gasteiger partial charge is 0.123 e. The minimum atomic E-state index is 0.447. The van der Waals surface area contributed by atoms with Gasteiger partial charge in [-0.3, -0.25) is 0 Å². The van der Waals surface area contributed by atoms with Gasteiger partial charge in [-0.25, -0.2) is 4.98 Å². The summed E-state index contributed by atoms with van der Waals surface area (Å²) in [4.78, 5) is 4.54. The number of benzene rings is 1. The summed E-state index contributed by atoms with van der Waals surface area (Å²) in [5.74, 6) is 0.881. The molecule has 0 amide bonds. The number of imidazole rings is 1. The van der Waals surface area contributed by atoms with Crippen LogP contribution in [0.5, 0.6) is 0 Å². The van der Waals surface area contributed by atoms with Crippen molar-refractivity contribution in [3.8, 4) is 11.3 Å². The second-order valence-electron chi connectivity index (χ2n) is 3.98. The second kappa shape index (κ2) is 5.02. The Hall–Kier alpha value is -1.13. The lowest BCUT2D eigenvalue weighted by atomic mass is 10.1. The summed E-state index contributed by atoms with van der Waals surface area (Å²) in [6.07, 6.45) is 1.05. The van der Waals surface area contributed by atoms with Gasteiger partial charge in [-0.2, -0.15) is 0 Å². The highest BCUT2D eigenvalue weighted by Crippen LogP contribution is 2.28. The summed E-state index contributed by atoms with van der Waals surface area (Å²) in [7, 11) is 1.96. The van der Waals surface area contributed by atoms with Crippen molar-refractivity contribution in [2.75, 3.05) is 0 Å². The Kier molecular flexibility index (Phi) is 3.64. The van der Waals surface area contributed by atoms with Crippen molar-refractivity contribution in [3.63, 3.8) is 0 Å². The summed E-state index contributed by atoms with van der Waals surface area (Å²) < 4.78 is 2.95. The first kappa shape index (κ1) is 12.3. The molecule has 17 heavy (non-hydrogen) atoms. The molecular weight excluding hydrogens is 278 g/mol. The average molecular weight is 294 g/mol. The van der Waals surface area contributed by atoms with Gasteiger partial charge in [-0.05, 0) is 27.9 Å². The number of halogens is 1. The maximum Gasteiger partial charge on any atom is 0.123 e. The van der Waals surface area contributed by atoms with Gasteiger partial charge in [0.25, 0.3) is 0 Å². The topological polar surface area (TPSA) is 43.8 Å². The van der Waals surface area contributed by atoms with Gasteiger partial charge in [0.2, 0.25) is 0 Å². The Labute approximate surface area is 110 Å². The van der Waals surface area contributed by atoms with Crippen molar-refractivity contribution < 1.29 is 0 Å². The molecule has 0 radical (unpaired) electrons. The summed E-state index contributed by atoms with van der Waals surface area (Å²) in [5, 5.41) is 0. The molecule has 2 rings (SSSR count). The van der Waals surface area contributed by atoms with Crippen molar-refractivity contribution >= 4 is 15.9 Å². The predicted octanol–water partition coefficient (Wildman–Crippen LogP) is 2.87. The largest absolute Gasteiger partial charge is 0.324 e. The fraction of sp³-hybridized carbons (Fsp3) is 0.308. The summed E-state index contributed by atoms with van der Waals surface area (Å²) in [6.45, 7) is 2.60. The zero-order chi connectivity index (χ0) is 12.4. The van der Waals surface area contributed by atoms with Gasteiger partial charge in [-0.1, -0.05) is 31.2 Å². The molecule has 4 heteroatoms. The fourth-order valence-corrected chi connectivity index (χ4v) is 2.31. The van der Waals surface area contributed by atoms with Crippen LogP contribution in [0.1, 0.15) is 18.3 Å². The standard InChI is InChI=1S/C13H16BrN3/c1-3-9-4-6-10(7-5-9)12-13(14)17(2)11(8-15)16-12/h4-7H,3,8,15H2,1-2H3. The van der Waals surface area contributed by atoms with Gasteiger partial charge >= 0.3 is 0 Å². The third-order valence-electron chi connectivity index (χ3n) is 2.94. The normalized spacial score (nSPS) is 10.8. The van der Waals surface area contributed by atoms with Gasteiger partial charge in [0, 0.05) is 12.6 Å². The monoisotopic (exact) mass is 293 g/mol. The Balaban J connectivity index is 2.45. The lowest BCUT2D eigenvalue weighted by molar-refractivity contribution is 0.781. The van der Waals surface area contributed by atoms with Gasteiger partial charge < -0.3 is 10.3 Å². The number of aromatic nitrogens is 2. The molecule has 0 saturated carbocycles. The molecule has 2 aromatic rings. The first-order valence-corrected chi connectivity index (χ1v) is 6.47.